The summed E-state index contributed by atoms with van der Waals surface area (Å²) < 4.78 is 10.7. The molecule has 1 saturated heterocycles. The Morgan fingerprint density at radius 1 is 1.40 bits per heavy atom. The van der Waals surface area contributed by atoms with Crippen molar-refractivity contribution in [3.63, 3.8) is 0 Å². The standard InChI is InChI=1S/C11H11NO3/c13-6-12-5-4-9(12)8-2-1-3-10-11(8)15-7-14-10/h1-3,6,9H,4-5,7H2. The molecule has 0 spiro atoms. The molecule has 1 atom stereocenters. The van der Waals surface area contributed by atoms with Gasteiger partial charge in [-0.25, -0.2) is 0 Å². The second kappa shape index (κ2) is 3.15. The number of likely N-dealkylation sites (tertiary alicyclic amines) is 1. The molecule has 1 fully saturated rings. The normalized spacial score (nSPS) is 22.4. The highest BCUT2D eigenvalue weighted by molar-refractivity contribution is 5.55. The minimum Gasteiger partial charge on any atom is -0.454 e. The lowest BCUT2D eigenvalue weighted by molar-refractivity contribution is -0.125. The van der Waals surface area contributed by atoms with Gasteiger partial charge in [-0.15, -0.1) is 0 Å². The van der Waals surface area contributed by atoms with E-state index in [9.17, 15) is 4.79 Å². The fourth-order valence-corrected chi connectivity index (χ4v) is 2.08. The van der Waals surface area contributed by atoms with Gasteiger partial charge < -0.3 is 14.4 Å². The predicted molar refractivity (Wildman–Crippen MR) is 52.7 cm³/mol. The van der Waals surface area contributed by atoms with Crippen LogP contribution < -0.4 is 9.47 Å². The lowest BCUT2D eigenvalue weighted by Crippen LogP contribution is -2.39. The van der Waals surface area contributed by atoms with Crippen LogP contribution in [-0.2, 0) is 4.79 Å². The molecular formula is C11H11NO3. The third-order valence-corrected chi connectivity index (χ3v) is 2.98. The van der Waals surface area contributed by atoms with Crippen molar-refractivity contribution in [2.45, 2.75) is 12.5 Å². The van der Waals surface area contributed by atoms with E-state index in [-0.39, 0.29) is 12.8 Å². The van der Waals surface area contributed by atoms with Gasteiger partial charge in [0.2, 0.25) is 13.2 Å². The second-order valence-electron chi connectivity index (χ2n) is 3.73. The maximum Gasteiger partial charge on any atom is 0.231 e. The number of ether oxygens (including phenoxy) is 2. The van der Waals surface area contributed by atoms with E-state index < -0.39 is 0 Å². The van der Waals surface area contributed by atoms with Gasteiger partial charge in [-0.1, -0.05) is 12.1 Å². The van der Waals surface area contributed by atoms with Gasteiger partial charge in [0.15, 0.2) is 11.5 Å². The van der Waals surface area contributed by atoms with Crippen molar-refractivity contribution in [3.8, 4) is 11.5 Å². The van der Waals surface area contributed by atoms with E-state index in [4.69, 9.17) is 9.47 Å². The zero-order chi connectivity index (χ0) is 10.3. The molecule has 0 saturated carbocycles. The number of hydrogen-bond donors (Lipinski definition) is 0. The Hall–Kier alpha value is -1.71. The highest BCUT2D eigenvalue weighted by atomic mass is 16.7. The minimum atomic E-state index is 0.166. The molecule has 1 aromatic carbocycles. The van der Waals surface area contributed by atoms with Crippen molar-refractivity contribution < 1.29 is 14.3 Å². The Balaban J connectivity index is 1.98. The molecule has 2 aliphatic rings. The first-order valence-corrected chi connectivity index (χ1v) is 4.99. The number of para-hydroxylation sites is 1. The Morgan fingerprint density at radius 2 is 2.33 bits per heavy atom. The fraction of sp³-hybridized carbons (Fsp3) is 0.364. The summed E-state index contributed by atoms with van der Waals surface area (Å²) in [7, 11) is 0. The molecule has 78 valence electrons. The summed E-state index contributed by atoms with van der Waals surface area (Å²) in [5, 5.41) is 0. The first-order valence-electron chi connectivity index (χ1n) is 4.99. The number of amides is 1. The zero-order valence-corrected chi connectivity index (χ0v) is 8.18. The molecule has 0 bridgehead atoms. The van der Waals surface area contributed by atoms with E-state index in [0.717, 1.165) is 36.4 Å². The smallest absolute Gasteiger partial charge is 0.231 e. The molecule has 1 amide bonds. The molecular weight excluding hydrogens is 194 g/mol. The molecule has 4 nitrogen and oxygen atoms in total. The van der Waals surface area contributed by atoms with Gasteiger partial charge in [-0.2, -0.15) is 0 Å². The van der Waals surface area contributed by atoms with Crippen molar-refractivity contribution in [3.05, 3.63) is 23.8 Å². The predicted octanol–water partition coefficient (Wildman–Crippen LogP) is 1.32. The Bertz CT molecular complexity index is 405. The molecule has 15 heavy (non-hydrogen) atoms. The number of hydrogen-bond acceptors (Lipinski definition) is 3. The number of carbonyl (C=O) groups excluding carboxylic acids is 1. The van der Waals surface area contributed by atoms with Crippen LogP contribution in [0.1, 0.15) is 18.0 Å². The lowest BCUT2D eigenvalue weighted by atomic mass is 9.94. The van der Waals surface area contributed by atoms with Crippen molar-refractivity contribution in [2.75, 3.05) is 13.3 Å². The summed E-state index contributed by atoms with van der Waals surface area (Å²) >= 11 is 0. The van der Waals surface area contributed by atoms with Gasteiger partial charge in [-0.05, 0) is 12.5 Å². The van der Waals surface area contributed by atoms with E-state index >= 15 is 0 Å². The fourth-order valence-electron chi connectivity index (χ4n) is 2.08. The minimum absolute atomic E-state index is 0.166. The van der Waals surface area contributed by atoms with E-state index in [1.807, 2.05) is 18.2 Å². The second-order valence-corrected chi connectivity index (χ2v) is 3.73. The zero-order valence-electron chi connectivity index (χ0n) is 8.18. The molecule has 2 heterocycles. The molecule has 1 unspecified atom stereocenters. The molecule has 0 aromatic heterocycles. The van der Waals surface area contributed by atoms with E-state index in [0.29, 0.717) is 0 Å². The van der Waals surface area contributed by atoms with Gasteiger partial charge in [-0.3, -0.25) is 4.79 Å². The maximum absolute atomic E-state index is 10.7. The molecule has 3 rings (SSSR count). The summed E-state index contributed by atoms with van der Waals surface area (Å²) in [5.41, 5.74) is 1.06. The van der Waals surface area contributed by atoms with Crippen molar-refractivity contribution in [1.82, 2.24) is 4.90 Å². The number of benzene rings is 1. The van der Waals surface area contributed by atoms with Crippen LogP contribution in [0, 0.1) is 0 Å². The van der Waals surface area contributed by atoms with Crippen LogP contribution in [-0.4, -0.2) is 24.6 Å². The van der Waals surface area contributed by atoms with E-state index in [2.05, 4.69) is 0 Å². The number of carbonyl (C=O) groups is 1. The van der Waals surface area contributed by atoms with Crippen LogP contribution in [0.15, 0.2) is 18.2 Å². The average molecular weight is 205 g/mol. The monoisotopic (exact) mass is 205 g/mol. The lowest BCUT2D eigenvalue weighted by Gasteiger charge is -2.38. The van der Waals surface area contributed by atoms with Crippen molar-refractivity contribution in [1.29, 1.82) is 0 Å². The van der Waals surface area contributed by atoms with Crippen LogP contribution >= 0.6 is 0 Å². The van der Waals surface area contributed by atoms with Gasteiger partial charge >= 0.3 is 0 Å². The quantitative estimate of drug-likeness (QED) is 0.683. The highest BCUT2D eigenvalue weighted by Crippen LogP contribution is 2.43. The number of rotatable bonds is 2. The molecule has 0 radical (unpaired) electrons. The first-order chi connectivity index (χ1) is 7.40. The third-order valence-electron chi connectivity index (χ3n) is 2.98. The largest absolute Gasteiger partial charge is 0.454 e. The maximum atomic E-state index is 10.7. The summed E-state index contributed by atoms with van der Waals surface area (Å²) in [6.45, 7) is 1.11. The molecule has 1 aromatic rings. The van der Waals surface area contributed by atoms with Crippen LogP contribution in [0.4, 0.5) is 0 Å². The van der Waals surface area contributed by atoms with Crippen LogP contribution in [0.3, 0.4) is 0 Å². The van der Waals surface area contributed by atoms with Gasteiger partial charge in [0.05, 0.1) is 6.04 Å². The van der Waals surface area contributed by atoms with Crippen molar-refractivity contribution >= 4 is 6.41 Å². The molecule has 0 aliphatic carbocycles. The third kappa shape index (κ3) is 1.17. The Kier molecular flexibility index (Phi) is 1.80. The van der Waals surface area contributed by atoms with Crippen LogP contribution in [0.2, 0.25) is 0 Å². The summed E-state index contributed by atoms with van der Waals surface area (Å²) in [4.78, 5) is 12.5. The highest BCUT2D eigenvalue weighted by Gasteiger charge is 2.32. The molecule has 4 heteroatoms. The first kappa shape index (κ1) is 8.59. The van der Waals surface area contributed by atoms with E-state index in [1.165, 1.54) is 0 Å². The van der Waals surface area contributed by atoms with Gasteiger partial charge in [0, 0.05) is 12.1 Å². The Morgan fingerprint density at radius 3 is 3.07 bits per heavy atom. The van der Waals surface area contributed by atoms with Gasteiger partial charge in [0.1, 0.15) is 0 Å². The summed E-state index contributed by atoms with van der Waals surface area (Å²) in [6, 6.07) is 5.98. The molecule has 0 N–H and O–H groups in total. The van der Waals surface area contributed by atoms with Gasteiger partial charge in [0.25, 0.3) is 0 Å². The van der Waals surface area contributed by atoms with Crippen LogP contribution in [0.25, 0.3) is 0 Å². The van der Waals surface area contributed by atoms with E-state index in [1.54, 1.807) is 4.90 Å². The Labute approximate surface area is 87.4 Å². The topological polar surface area (TPSA) is 38.8 Å². The summed E-state index contributed by atoms with van der Waals surface area (Å²) in [5.74, 6) is 1.58. The molecule has 2 aliphatic heterocycles. The average Bonchev–Trinajstić information content (AvgIpc) is 2.65. The van der Waals surface area contributed by atoms with Crippen molar-refractivity contribution in [2.24, 2.45) is 0 Å². The van der Waals surface area contributed by atoms with Crippen LogP contribution in [0.5, 0.6) is 11.5 Å². The summed E-state index contributed by atoms with van der Waals surface area (Å²) in [6.07, 6.45) is 1.89. The number of nitrogens with zero attached hydrogens (tertiary/aromatic N) is 1. The SMILES string of the molecule is O=CN1CCC1c1cccc2c1OCO2. The number of fused-ring (bicyclic) bond motifs is 1.